The first-order valence-corrected chi connectivity index (χ1v) is 7.87. The van der Waals surface area contributed by atoms with Gasteiger partial charge >= 0.3 is 6.03 Å². The topological polar surface area (TPSA) is 78.9 Å². The van der Waals surface area contributed by atoms with E-state index in [1.54, 1.807) is 18.5 Å². The molecule has 2 aromatic rings. The van der Waals surface area contributed by atoms with Crippen molar-refractivity contribution in [3.63, 3.8) is 0 Å². The molecule has 1 fully saturated rings. The minimum absolute atomic E-state index is 0.134. The molecule has 0 radical (unpaired) electrons. The van der Waals surface area contributed by atoms with E-state index in [1.807, 2.05) is 18.2 Å². The molecule has 0 spiro atoms. The van der Waals surface area contributed by atoms with Crippen molar-refractivity contribution in [2.24, 2.45) is 0 Å². The highest BCUT2D eigenvalue weighted by Gasteiger charge is 2.44. The smallest absolute Gasteiger partial charge is 0.314 e. The number of rotatable bonds is 7. The standard InChI is InChI=1S/C17H21N5O/c23-16(21-12-11-20-15-18-9-4-10-19-15)22-13-17(7-8-17)14-5-2-1-3-6-14/h1-6,9-10H,7-8,11-13H2,(H,18,19,20)(H2,21,22,23). The second-order valence-electron chi connectivity index (χ2n) is 5.75. The van der Waals surface area contributed by atoms with E-state index >= 15 is 0 Å². The number of aromatic nitrogens is 2. The van der Waals surface area contributed by atoms with Gasteiger partial charge in [0.05, 0.1) is 0 Å². The summed E-state index contributed by atoms with van der Waals surface area (Å²) in [6, 6.07) is 12.0. The van der Waals surface area contributed by atoms with Gasteiger partial charge in [0, 0.05) is 37.4 Å². The second-order valence-corrected chi connectivity index (χ2v) is 5.75. The predicted molar refractivity (Wildman–Crippen MR) is 89.3 cm³/mol. The van der Waals surface area contributed by atoms with Crippen molar-refractivity contribution in [2.45, 2.75) is 18.3 Å². The number of urea groups is 1. The van der Waals surface area contributed by atoms with Crippen LogP contribution >= 0.6 is 0 Å². The fourth-order valence-corrected chi connectivity index (χ4v) is 2.56. The molecule has 1 aromatic carbocycles. The molecule has 0 aliphatic heterocycles. The molecule has 1 saturated carbocycles. The number of amides is 2. The molecule has 0 atom stereocenters. The number of hydrogen-bond acceptors (Lipinski definition) is 4. The fraction of sp³-hybridized carbons (Fsp3) is 0.353. The van der Waals surface area contributed by atoms with Crippen molar-refractivity contribution in [1.82, 2.24) is 20.6 Å². The van der Waals surface area contributed by atoms with Crippen LogP contribution in [0.2, 0.25) is 0 Å². The van der Waals surface area contributed by atoms with E-state index in [0.717, 1.165) is 12.8 Å². The van der Waals surface area contributed by atoms with Crippen LogP contribution in [0, 0.1) is 0 Å². The Morgan fingerprint density at radius 1 is 1.00 bits per heavy atom. The van der Waals surface area contributed by atoms with Gasteiger partial charge in [0.25, 0.3) is 0 Å². The maximum absolute atomic E-state index is 11.9. The minimum atomic E-state index is -0.136. The summed E-state index contributed by atoms with van der Waals surface area (Å²) in [6.07, 6.45) is 5.61. The third-order valence-corrected chi connectivity index (χ3v) is 4.09. The van der Waals surface area contributed by atoms with Crippen LogP contribution in [0.15, 0.2) is 48.8 Å². The Hall–Kier alpha value is -2.63. The third kappa shape index (κ3) is 4.18. The summed E-state index contributed by atoms with van der Waals surface area (Å²) in [5.74, 6) is 0.565. The molecule has 0 bridgehead atoms. The first-order valence-electron chi connectivity index (χ1n) is 7.87. The molecule has 120 valence electrons. The summed E-state index contributed by atoms with van der Waals surface area (Å²) >= 11 is 0. The first-order chi connectivity index (χ1) is 11.3. The Bertz CT molecular complexity index is 628. The number of carbonyl (C=O) groups is 1. The van der Waals surface area contributed by atoms with Crippen LogP contribution in [0.1, 0.15) is 18.4 Å². The second kappa shape index (κ2) is 7.09. The Kier molecular flexibility index (Phi) is 4.71. The van der Waals surface area contributed by atoms with E-state index in [9.17, 15) is 4.79 Å². The average Bonchev–Trinajstić information content (AvgIpc) is 3.40. The normalized spacial score (nSPS) is 14.8. The Labute approximate surface area is 135 Å². The first kappa shape index (κ1) is 15.3. The van der Waals surface area contributed by atoms with Crippen LogP contribution in [-0.4, -0.2) is 35.6 Å². The van der Waals surface area contributed by atoms with Crippen molar-refractivity contribution in [3.05, 3.63) is 54.4 Å². The van der Waals surface area contributed by atoms with Gasteiger partial charge in [-0.25, -0.2) is 14.8 Å². The maximum atomic E-state index is 11.9. The number of hydrogen-bond donors (Lipinski definition) is 3. The minimum Gasteiger partial charge on any atom is -0.352 e. The van der Waals surface area contributed by atoms with Crippen molar-refractivity contribution in [1.29, 1.82) is 0 Å². The summed E-state index contributed by atoms with van der Waals surface area (Å²) < 4.78 is 0. The van der Waals surface area contributed by atoms with Gasteiger partial charge in [0.2, 0.25) is 5.95 Å². The summed E-state index contributed by atoms with van der Waals surface area (Å²) in [4.78, 5) is 20.0. The number of anilines is 1. The zero-order valence-electron chi connectivity index (χ0n) is 13.0. The van der Waals surface area contributed by atoms with Crippen LogP contribution in [0.3, 0.4) is 0 Å². The summed E-state index contributed by atoms with van der Waals surface area (Å²) in [6.45, 7) is 1.78. The molecule has 2 amide bonds. The molecule has 1 aliphatic carbocycles. The fourth-order valence-electron chi connectivity index (χ4n) is 2.56. The van der Waals surface area contributed by atoms with Gasteiger partial charge in [-0.3, -0.25) is 0 Å². The van der Waals surface area contributed by atoms with E-state index in [-0.39, 0.29) is 11.4 Å². The molecule has 3 N–H and O–H groups in total. The highest BCUT2D eigenvalue weighted by Crippen LogP contribution is 2.47. The lowest BCUT2D eigenvalue weighted by atomic mass is 9.96. The third-order valence-electron chi connectivity index (χ3n) is 4.09. The van der Waals surface area contributed by atoms with Crippen molar-refractivity contribution >= 4 is 12.0 Å². The SMILES string of the molecule is O=C(NCCNc1ncccn1)NCC1(c2ccccc2)CC1. The number of nitrogens with one attached hydrogen (secondary N) is 3. The molecular weight excluding hydrogens is 290 g/mol. The highest BCUT2D eigenvalue weighted by molar-refractivity contribution is 5.74. The largest absolute Gasteiger partial charge is 0.352 e. The number of benzene rings is 1. The van der Waals surface area contributed by atoms with Gasteiger partial charge in [-0.2, -0.15) is 0 Å². The monoisotopic (exact) mass is 311 g/mol. The van der Waals surface area contributed by atoms with E-state index in [4.69, 9.17) is 0 Å². The zero-order chi connectivity index (χ0) is 16.0. The maximum Gasteiger partial charge on any atom is 0.314 e. The van der Waals surface area contributed by atoms with E-state index < -0.39 is 0 Å². The van der Waals surface area contributed by atoms with Gasteiger partial charge in [-0.1, -0.05) is 30.3 Å². The number of carbonyl (C=O) groups excluding carboxylic acids is 1. The Morgan fingerprint density at radius 3 is 2.43 bits per heavy atom. The van der Waals surface area contributed by atoms with Crippen LogP contribution < -0.4 is 16.0 Å². The molecule has 23 heavy (non-hydrogen) atoms. The highest BCUT2D eigenvalue weighted by atomic mass is 16.2. The van der Waals surface area contributed by atoms with Gasteiger partial charge in [-0.15, -0.1) is 0 Å². The lowest BCUT2D eigenvalue weighted by molar-refractivity contribution is 0.240. The van der Waals surface area contributed by atoms with Crippen LogP contribution in [0.5, 0.6) is 0 Å². The molecular formula is C17H21N5O. The zero-order valence-corrected chi connectivity index (χ0v) is 13.0. The van der Waals surface area contributed by atoms with Gasteiger partial charge in [-0.05, 0) is 24.5 Å². The number of nitrogens with zero attached hydrogens (tertiary/aromatic N) is 2. The Morgan fingerprint density at radius 2 is 1.74 bits per heavy atom. The van der Waals surface area contributed by atoms with Gasteiger partial charge in [0.1, 0.15) is 0 Å². The lowest BCUT2D eigenvalue weighted by Crippen LogP contribution is -2.41. The lowest BCUT2D eigenvalue weighted by Gasteiger charge is -2.17. The van der Waals surface area contributed by atoms with Crippen molar-refractivity contribution in [2.75, 3.05) is 25.0 Å². The van der Waals surface area contributed by atoms with Gasteiger partial charge < -0.3 is 16.0 Å². The summed E-state index contributed by atoms with van der Waals surface area (Å²) in [5, 5.41) is 8.86. The van der Waals surface area contributed by atoms with Crippen LogP contribution in [-0.2, 0) is 5.41 Å². The van der Waals surface area contributed by atoms with E-state index in [0.29, 0.717) is 25.6 Å². The van der Waals surface area contributed by atoms with Crippen molar-refractivity contribution < 1.29 is 4.79 Å². The van der Waals surface area contributed by atoms with Crippen molar-refractivity contribution in [3.8, 4) is 0 Å². The summed E-state index contributed by atoms with van der Waals surface area (Å²) in [7, 11) is 0. The molecule has 1 aliphatic rings. The average molecular weight is 311 g/mol. The van der Waals surface area contributed by atoms with E-state index in [2.05, 4.69) is 38.1 Å². The molecule has 0 unspecified atom stereocenters. The molecule has 1 aromatic heterocycles. The molecule has 6 heteroatoms. The molecule has 3 rings (SSSR count). The van der Waals surface area contributed by atoms with Gasteiger partial charge in [0.15, 0.2) is 0 Å². The summed E-state index contributed by atoms with van der Waals surface area (Å²) in [5.41, 5.74) is 1.44. The quantitative estimate of drug-likeness (QED) is 0.683. The van der Waals surface area contributed by atoms with Crippen LogP contribution in [0.4, 0.5) is 10.7 Å². The molecule has 6 nitrogen and oxygen atoms in total. The molecule has 1 heterocycles. The van der Waals surface area contributed by atoms with E-state index in [1.165, 1.54) is 5.56 Å². The van der Waals surface area contributed by atoms with Crippen LogP contribution in [0.25, 0.3) is 0 Å². The molecule has 0 saturated heterocycles. The Balaban J connectivity index is 1.36. The predicted octanol–water partition coefficient (Wildman–Crippen LogP) is 1.92.